The van der Waals surface area contributed by atoms with E-state index in [1.807, 2.05) is 18.3 Å². The quantitative estimate of drug-likeness (QED) is 0.855. The van der Waals surface area contributed by atoms with Crippen LogP contribution in [0.3, 0.4) is 0 Å². The van der Waals surface area contributed by atoms with Gasteiger partial charge in [-0.15, -0.1) is 0 Å². The van der Waals surface area contributed by atoms with Crippen molar-refractivity contribution in [3.63, 3.8) is 0 Å². The number of nitrogens with zero attached hydrogens (tertiary/aromatic N) is 1. The number of furan rings is 1. The lowest BCUT2D eigenvalue weighted by Gasteiger charge is -2.07. The molecular formula is C13H15NO2. The fraction of sp³-hybridized carbons (Fsp3) is 0.308. The molecule has 2 rings (SSSR count). The van der Waals surface area contributed by atoms with E-state index in [4.69, 9.17) is 4.42 Å². The van der Waals surface area contributed by atoms with E-state index in [9.17, 15) is 5.11 Å². The highest BCUT2D eigenvalue weighted by Gasteiger charge is 2.11. The van der Waals surface area contributed by atoms with Gasteiger partial charge in [-0.2, -0.15) is 0 Å². The molecular weight excluding hydrogens is 202 g/mol. The highest BCUT2D eigenvalue weighted by molar-refractivity contribution is 5.15. The molecule has 2 aromatic rings. The number of aliphatic hydroxyl groups excluding tert-OH is 1. The van der Waals surface area contributed by atoms with Crippen molar-refractivity contribution in [2.24, 2.45) is 0 Å². The van der Waals surface area contributed by atoms with Gasteiger partial charge < -0.3 is 9.52 Å². The maximum Gasteiger partial charge on any atom is 0.132 e. The lowest BCUT2D eigenvalue weighted by molar-refractivity contribution is 0.149. The Hall–Kier alpha value is -1.61. The highest BCUT2D eigenvalue weighted by Crippen LogP contribution is 2.17. The van der Waals surface area contributed by atoms with Gasteiger partial charge in [-0.1, -0.05) is 13.0 Å². The topological polar surface area (TPSA) is 46.3 Å². The molecule has 0 aromatic carbocycles. The van der Waals surface area contributed by atoms with Crippen molar-refractivity contribution in [3.8, 4) is 0 Å². The molecule has 3 heteroatoms. The molecule has 1 atom stereocenters. The van der Waals surface area contributed by atoms with E-state index in [0.29, 0.717) is 12.2 Å². The van der Waals surface area contributed by atoms with Gasteiger partial charge in [-0.25, -0.2) is 0 Å². The summed E-state index contributed by atoms with van der Waals surface area (Å²) in [5.41, 5.74) is 2.08. The van der Waals surface area contributed by atoms with Crippen molar-refractivity contribution >= 4 is 0 Å². The normalized spacial score (nSPS) is 12.6. The molecule has 1 N–H and O–H groups in total. The Morgan fingerprint density at radius 1 is 1.38 bits per heavy atom. The monoisotopic (exact) mass is 217 g/mol. The van der Waals surface area contributed by atoms with Crippen molar-refractivity contribution in [2.45, 2.75) is 25.9 Å². The Bertz CT molecular complexity index is 420. The van der Waals surface area contributed by atoms with Crippen LogP contribution in [0.4, 0.5) is 0 Å². The molecule has 16 heavy (non-hydrogen) atoms. The Balaban J connectivity index is 2.03. The predicted octanol–water partition coefficient (Wildman–Crippen LogP) is 2.51. The summed E-state index contributed by atoms with van der Waals surface area (Å²) in [5, 5.41) is 9.86. The molecule has 0 aliphatic rings. The Kier molecular flexibility index (Phi) is 3.37. The molecule has 0 aliphatic heterocycles. The maximum absolute atomic E-state index is 9.86. The Morgan fingerprint density at radius 3 is 2.81 bits per heavy atom. The molecule has 0 bridgehead atoms. The van der Waals surface area contributed by atoms with Crippen LogP contribution in [0.5, 0.6) is 0 Å². The minimum Gasteiger partial charge on any atom is -0.467 e. The van der Waals surface area contributed by atoms with Gasteiger partial charge in [0, 0.05) is 18.3 Å². The minimum absolute atomic E-state index is 0.484. The van der Waals surface area contributed by atoms with E-state index in [1.165, 1.54) is 5.56 Å². The summed E-state index contributed by atoms with van der Waals surface area (Å²) in [6.45, 7) is 2.09. The number of pyridine rings is 1. The standard InChI is InChI=1S/C13H15NO2/c1-2-10-5-6-11(14-9-10)8-12(15)13-4-3-7-16-13/h3-7,9,12,15H,2,8H2,1H3. The molecule has 0 aliphatic carbocycles. The third kappa shape index (κ3) is 2.49. The van der Waals surface area contributed by atoms with E-state index in [2.05, 4.69) is 11.9 Å². The summed E-state index contributed by atoms with van der Waals surface area (Å²) in [4.78, 5) is 4.30. The van der Waals surface area contributed by atoms with E-state index >= 15 is 0 Å². The van der Waals surface area contributed by atoms with Gasteiger partial charge in [0.05, 0.1) is 6.26 Å². The summed E-state index contributed by atoms with van der Waals surface area (Å²) < 4.78 is 5.13. The first-order chi connectivity index (χ1) is 7.79. The fourth-order valence-electron chi connectivity index (χ4n) is 1.56. The average Bonchev–Trinajstić information content (AvgIpc) is 2.83. The van der Waals surface area contributed by atoms with Gasteiger partial charge in [-0.3, -0.25) is 4.98 Å². The third-order valence-corrected chi connectivity index (χ3v) is 2.57. The smallest absolute Gasteiger partial charge is 0.132 e. The molecule has 0 saturated carbocycles. The molecule has 2 heterocycles. The van der Waals surface area contributed by atoms with Crippen molar-refractivity contribution in [1.29, 1.82) is 0 Å². The zero-order valence-electron chi connectivity index (χ0n) is 9.26. The van der Waals surface area contributed by atoms with Crippen molar-refractivity contribution in [1.82, 2.24) is 4.98 Å². The number of aryl methyl sites for hydroxylation is 1. The Labute approximate surface area is 94.8 Å². The molecule has 0 radical (unpaired) electrons. The minimum atomic E-state index is -0.616. The van der Waals surface area contributed by atoms with Crippen molar-refractivity contribution < 1.29 is 9.52 Å². The first kappa shape index (κ1) is 10.9. The van der Waals surface area contributed by atoms with Crippen LogP contribution in [0, 0.1) is 0 Å². The average molecular weight is 217 g/mol. The zero-order valence-corrected chi connectivity index (χ0v) is 9.26. The van der Waals surface area contributed by atoms with E-state index in [-0.39, 0.29) is 0 Å². The number of rotatable bonds is 4. The summed E-state index contributed by atoms with van der Waals surface area (Å²) in [5.74, 6) is 0.585. The molecule has 1 unspecified atom stereocenters. The van der Waals surface area contributed by atoms with Crippen LogP contribution >= 0.6 is 0 Å². The van der Waals surface area contributed by atoms with E-state index < -0.39 is 6.10 Å². The third-order valence-electron chi connectivity index (χ3n) is 2.57. The summed E-state index contributed by atoms with van der Waals surface area (Å²) in [7, 11) is 0. The molecule has 2 aromatic heterocycles. The van der Waals surface area contributed by atoms with Crippen LogP contribution in [-0.4, -0.2) is 10.1 Å². The van der Waals surface area contributed by atoms with Gasteiger partial charge in [0.1, 0.15) is 11.9 Å². The maximum atomic E-state index is 9.86. The number of hydrogen-bond acceptors (Lipinski definition) is 3. The molecule has 0 saturated heterocycles. The SMILES string of the molecule is CCc1ccc(CC(O)c2ccco2)nc1. The van der Waals surface area contributed by atoms with Crippen LogP contribution < -0.4 is 0 Å². The lowest BCUT2D eigenvalue weighted by atomic mass is 10.1. The largest absolute Gasteiger partial charge is 0.467 e. The molecule has 0 fully saturated rings. The van der Waals surface area contributed by atoms with Gasteiger partial charge in [0.15, 0.2) is 0 Å². The number of aromatic nitrogens is 1. The summed E-state index contributed by atoms with van der Waals surface area (Å²) in [6.07, 6.45) is 4.26. The van der Waals surface area contributed by atoms with E-state index in [1.54, 1.807) is 18.4 Å². The van der Waals surface area contributed by atoms with Crippen LogP contribution in [0.15, 0.2) is 41.1 Å². The first-order valence-electron chi connectivity index (χ1n) is 5.45. The first-order valence-corrected chi connectivity index (χ1v) is 5.45. The van der Waals surface area contributed by atoms with Crippen molar-refractivity contribution in [3.05, 3.63) is 53.7 Å². The van der Waals surface area contributed by atoms with Crippen LogP contribution in [0.25, 0.3) is 0 Å². The van der Waals surface area contributed by atoms with E-state index in [0.717, 1.165) is 12.1 Å². The lowest BCUT2D eigenvalue weighted by Crippen LogP contribution is -2.02. The molecule has 0 amide bonds. The number of hydrogen-bond donors (Lipinski definition) is 1. The van der Waals surface area contributed by atoms with Gasteiger partial charge in [-0.05, 0) is 30.2 Å². The molecule has 84 valence electrons. The Morgan fingerprint density at radius 2 is 2.25 bits per heavy atom. The second kappa shape index (κ2) is 4.94. The van der Waals surface area contributed by atoms with Gasteiger partial charge in [0.25, 0.3) is 0 Å². The molecule has 3 nitrogen and oxygen atoms in total. The summed E-state index contributed by atoms with van der Waals surface area (Å²) >= 11 is 0. The van der Waals surface area contributed by atoms with Crippen LogP contribution in [-0.2, 0) is 12.8 Å². The number of aliphatic hydroxyl groups is 1. The predicted molar refractivity (Wildman–Crippen MR) is 61.0 cm³/mol. The zero-order chi connectivity index (χ0) is 11.4. The highest BCUT2D eigenvalue weighted by atomic mass is 16.4. The van der Waals surface area contributed by atoms with Crippen molar-refractivity contribution in [2.75, 3.05) is 0 Å². The van der Waals surface area contributed by atoms with Gasteiger partial charge in [0.2, 0.25) is 0 Å². The van der Waals surface area contributed by atoms with Gasteiger partial charge >= 0.3 is 0 Å². The van der Waals surface area contributed by atoms with Crippen LogP contribution in [0.2, 0.25) is 0 Å². The summed E-state index contributed by atoms with van der Waals surface area (Å²) in [6, 6.07) is 7.53. The second-order valence-corrected chi connectivity index (χ2v) is 3.75. The molecule has 0 spiro atoms. The fourth-order valence-corrected chi connectivity index (χ4v) is 1.56. The van der Waals surface area contributed by atoms with Crippen LogP contribution in [0.1, 0.15) is 30.0 Å². The second-order valence-electron chi connectivity index (χ2n) is 3.75.